The molecule has 108 valence electrons. The van der Waals surface area contributed by atoms with Crippen molar-refractivity contribution in [1.82, 2.24) is 9.55 Å². The Hall–Kier alpha value is -0.740. The highest BCUT2D eigenvalue weighted by molar-refractivity contribution is 7.99. The lowest BCUT2D eigenvalue weighted by atomic mass is 10.2. The summed E-state index contributed by atoms with van der Waals surface area (Å²) in [6, 6.07) is 5.19. The molecule has 1 saturated carbocycles. The quantitative estimate of drug-likeness (QED) is 0.757. The maximum atomic E-state index is 13.5. The minimum atomic E-state index is -0.211. The summed E-state index contributed by atoms with van der Waals surface area (Å²) in [7, 11) is 0. The van der Waals surface area contributed by atoms with Crippen molar-refractivity contribution in [2.75, 3.05) is 5.75 Å². The summed E-state index contributed by atoms with van der Waals surface area (Å²) in [5.41, 5.74) is 1.72. The minimum Gasteiger partial charge on any atom is -0.324 e. The summed E-state index contributed by atoms with van der Waals surface area (Å²) in [4.78, 5) is 4.55. The van der Waals surface area contributed by atoms with Crippen LogP contribution in [0.5, 0.6) is 0 Å². The summed E-state index contributed by atoms with van der Waals surface area (Å²) in [6.07, 6.45) is 3.48. The number of rotatable bonds is 4. The van der Waals surface area contributed by atoms with Gasteiger partial charge in [-0.05, 0) is 43.2 Å². The molecule has 0 N–H and O–H groups in total. The normalized spacial score (nSPS) is 22.8. The molecule has 0 bridgehead atoms. The number of imidazole rings is 1. The molecule has 3 rings (SSSR count). The maximum absolute atomic E-state index is 13.5. The van der Waals surface area contributed by atoms with Gasteiger partial charge in [-0.1, -0.05) is 6.92 Å². The zero-order valence-corrected chi connectivity index (χ0v) is 13.1. The molecule has 0 radical (unpaired) electrons. The van der Waals surface area contributed by atoms with E-state index in [0.717, 1.165) is 35.5 Å². The molecule has 5 heteroatoms. The Morgan fingerprint density at radius 2 is 2.30 bits per heavy atom. The lowest BCUT2D eigenvalue weighted by Gasteiger charge is -2.16. The zero-order valence-electron chi connectivity index (χ0n) is 11.5. The van der Waals surface area contributed by atoms with Crippen molar-refractivity contribution in [1.29, 1.82) is 0 Å². The first-order chi connectivity index (χ1) is 9.72. The number of thioether (sulfide) groups is 1. The molecule has 2 nitrogen and oxygen atoms in total. The number of halogens is 2. The van der Waals surface area contributed by atoms with Crippen LogP contribution in [0.4, 0.5) is 4.39 Å². The fourth-order valence-corrected chi connectivity index (χ4v) is 4.48. The maximum Gasteiger partial charge on any atom is 0.125 e. The number of hydrogen-bond acceptors (Lipinski definition) is 2. The van der Waals surface area contributed by atoms with Crippen LogP contribution < -0.4 is 0 Å². The second-order valence-corrected chi connectivity index (χ2v) is 7.05. The summed E-state index contributed by atoms with van der Waals surface area (Å²) in [5.74, 6) is 2.17. The number of aromatic nitrogens is 2. The van der Waals surface area contributed by atoms with Gasteiger partial charge in [-0.25, -0.2) is 9.37 Å². The lowest BCUT2D eigenvalue weighted by molar-refractivity contribution is 0.518. The van der Waals surface area contributed by atoms with Crippen LogP contribution in [0.2, 0.25) is 0 Å². The summed E-state index contributed by atoms with van der Waals surface area (Å²) >= 11 is 8.06. The van der Waals surface area contributed by atoms with Crippen molar-refractivity contribution in [2.45, 2.75) is 43.4 Å². The van der Waals surface area contributed by atoms with Crippen molar-refractivity contribution in [3.05, 3.63) is 29.8 Å². The number of benzene rings is 1. The van der Waals surface area contributed by atoms with Crippen molar-refractivity contribution >= 4 is 34.4 Å². The van der Waals surface area contributed by atoms with E-state index in [9.17, 15) is 4.39 Å². The molecule has 1 aromatic heterocycles. The van der Waals surface area contributed by atoms with E-state index in [4.69, 9.17) is 11.6 Å². The fourth-order valence-electron chi connectivity index (χ4n) is 3.16. The van der Waals surface area contributed by atoms with Crippen LogP contribution in [-0.2, 0) is 5.88 Å². The monoisotopic (exact) mass is 312 g/mol. The van der Waals surface area contributed by atoms with Gasteiger partial charge in [-0.2, -0.15) is 11.8 Å². The van der Waals surface area contributed by atoms with Gasteiger partial charge in [0.1, 0.15) is 11.6 Å². The summed E-state index contributed by atoms with van der Waals surface area (Å²) in [5, 5.41) is 0.708. The van der Waals surface area contributed by atoms with Crippen LogP contribution in [0.15, 0.2) is 18.2 Å². The number of nitrogens with zero attached hydrogens (tertiary/aromatic N) is 2. The minimum absolute atomic E-state index is 0.211. The third-order valence-electron chi connectivity index (χ3n) is 3.97. The first-order valence-corrected chi connectivity index (χ1v) is 8.65. The zero-order chi connectivity index (χ0) is 14.1. The van der Waals surface area contributed by atoms with Crippen LogP contribution in [0.1, 0.15) is 38.1 Å². The van der Waals surface area contributed by atoms with E-state index in [1.54, 1.807) is 12.1 Å². The molecule has 1 heterocycles. The van der Waals surface area contributed by atoms with E-state index in [1.165, 1.54) is 12.5 Å². The molecule has 0 spiro atoms. The van der Waals surface area contributed by atoms with E-state index in [1.807, 2.05) is 11.8 Å². The van der Waals surface area contributed by atoms with Gasteiger partial charge in [0, 0.05) is 11.3 Å². The molecule has 2 unspecified atom stereocenters. The molecule has 1 fully saturated rings. The highest BCUT2D eigenvalue weighted by Gasteiger charge is 2.28. The number of hydrogen-bond donors (Lipinski definition) is 0. The molecule has 1 aromatic carbocycles. The molecule has 0 amide bonds. The Balaban J connectivity index is 1.99. The fraction of sp³-hybridized carbons (Fsp3) is 0.533. The van der Waals surface area contributed by atoms with Gasteiger partial charge in [0.25, 0.3) is 0 Å². The third-order valence-corrected chi connectivity index (χ3v) is 5.44. The standard InChI is InChI=1S/C15H18ClFN2S/c1-2-20-12-5-4-11(8-12)19-14-7-10(17)3-6-13(14)18-15(19)9-16/h3,6-7,11-12H,2,4-5,8-9H2,1H3. The van der Waals surface area contributed by atoms with E-state index >= 15 is 0 Å². The third kappa shape index (κ3) is 2.56. The van der Waals surface area contributed by atoms with E-state index in [0.29, 0.717) is 17.2 Å². The first-order valence-electron chi connectivity index (χ1n) is 7.06. The van der Waals surface area contributed by atoms with Crippen LogP contribution in [0.25, 0.3) is 11.0 Å². The van der Waals surface area contributed by atoms with Crippen LogP contribution in [0.3, 0.4) is 0 Å². The predicted molar refractivity (Wildman–Crippen MR) is 84.1 cm³/mol. The highest BCUT2D eigenvalue weighted by Crippen LogP contribution is 2.39. The molecule has 1 aliphatic rings. The predicted octanol–water partition coefficient (Wildman–Crippen LogP) is 4.76. The average Bonchev–Trinajstić information content (AvgIpc) is 3.02. The van der Waals surface area contributed by atoms with E-state index < -0.39 is 0 Å². The Kier molecular flexibility index (Phi) is 4.22. The van der Waals surface area contributed by atoms with Gasteiger partial charge in [0.05, 0.1) is 16.9 Å². The van der Waals surface area contributed by atoms with Gasteiger partial charge >= 0.3 is 0 Å². The van der Waals surface area contributed by atoms with Gasteiger partial charge in [-0.15, -0.1) is 11.6 Å². The molecule has 20 heavy (non-hydrogen) atoms. The van der Waals surface area contributed by atoms with Gasteiger partial charge in [-0.3, -0.25) is 0 Å². The summed E-state index contributed by atoms with van der Waals surface area (Å²) in [6.45, 7) is 2.20. The second-order valence-electron chi connectivity index (χ2n) is 5.21. The van der Waals surface area contributed by atoms with Crippen molar-refractivity contribution in [3.63, 3.8) is 0 Å². The van der Waals surface area contributed by atoms with Crippen LogP contribution in [0, 0.1) is 5.82 Å². The van der Waals surface area contributed by atoms with Crippen molar-refractivity contribution < 1.29 is 4.39 Å². The van der Waals surface area contributed by atoms with Gasteiger partial charge < -0.3 is 4.57 Å². The molecular weight excluding hydrogens is 295 g/mol. The SMILES string of the molecule is CCSC1CCC(n2c(CCl)nc3ccc(F)cc32)C1. The first kappa shape index (κ1) is 14.2. The van der Waals surface area contributed by atoms with Crippen LogP contribution >= 0.6 is 23.4 Å². The van der Waals surface area contributed by atoms with Crippen molar-refractivity contribution in [3.8, 4) is 0 Å². The lowest BCUT2D eigenvalue weighted by Crippen LogP contribution is -2.09. The smallest absolute Gasteiger partial charge is 0.125 e. The van der Waals surface area contributed by atoms with Crippen LogP contribution in [-0.4, -0.2) is 20.6 Å². The molecule has 1 aliphatic carbocycles. The molecule has 2 aromatic rings. The highest BCUT2D eigenvalue weighted by atomic mass is 35.5. The average molecular weight is 313 g/mol. The Bertz CT molecular complexity index is 613. The van der Waals surface area contributed by atoms with E-state index in [2.05, 4.69) is 16.5 Å². The second kappa shape index (κ2) is 5.94. The Morgan fingerprint density at radius 3 is 3.05 bits per heavy atom. The van der Waals surface area contributed by atoms with E-state index in [-0.39, 0.29) is 5.82 Å². The molecule has 2 atom stereocenters. The van der Waals surface area contributed by atoms with Gasteiger partial charge in [0.2, 0.25) is 0 Å². The van der Waals surface area contributed by atoms with Gasteiger partial charge in [0.15, 0.2) is 0 Å². The topological polar surface area (TPSA) is 17.8 Å². The molecule has 0 saturated heterocycles. The van der Waals surface area contributed by atoms with Crippen molar-refractivity contribution in [2.24, 2.45) is 0 Å². The Labute approximate surface area is 127 Å². The molecule has 0 aliphatic heterocycles. The Morgan fingerprint density at radius 1 is 1.45 bits per heavy atom. The number of alkyl halides is 1. The number of fused-ring (bicyclic) bond motifs is 1. The molecular formula is C15H18ClFN2S. The largest absolute Gasteiger partial charge is 0.324 e. The summed E-state index contributed by atoms with van der Waals surface area (Å²) < 4.78 is 15.7.